The van der Waals surface area contributed by atoms with Crippen LogP contribution in [0.4, 0.5) is 0 Å². The van der Waals surface area contributed by atoms with Crippen LogP contribution in [-0.4, -0.2) is 52.3 Å². The summed E-state index contributed by atoms with van der Waals surface area (Å²) in [6, 6.07) is 4.52. The van der Waals surface area contributed by atoms with E-state index in [2.05, 4.69) is 9.47 Å². The van der Waals surface area contributed by atoms with E-state index >= 15 is 0 Å². The minimum atomic E-state index is -0.631. The van der Waals surface area contributed by atoms with Crippen molar-refractivity contribution in [3.8, 4) is 5.75 Å². The minimum Gasteiger partial charge on any atom is -0.491 e. The second kappa shape index (κ2) is 7.77. The highest BCUT2D eigenvalue weighted by Crippen LogP contribution is 2.20. The molecular weight excluding hydrogens is 292 g/mol. The first-order valence-corrected chi connectivity index (χ1v) is 6.78. The lowest BCUT2D eigenvalue weighted by molar-refractivity contribution is -0.147. The smallest absolute Gasteiger partial charge is 0.338 e. The van der Waals surface area contributed by atoms with Gasteiger partial charge < -0.3 is 23.7 Å². The molecular formula is C15H18O7. The molecule has 1 saturated heterocycles. The summed E-state index contributed by atoms with van der Waals surface area (Å²) in [6.45, 7) is 1.22. The van der Waals surface area contributed by atoms with Crippen LogP contribution in [0.25, 0.3) is 0 Å². The first kappa shape index (κ1) is 16.3. The Morgan fingerprint density at radius 1 is 1.18 bits per heavy atom. The maximum absolute atomic E-state index is 11.8. The van der Waals surface area contributed by atoms with Crippen molar-refractivity contribution in [3.05, 3.63) is 29.3 Å². The molecule has 0 bridgehead atoms. The average molecular weight is 310 g/mol. The van der Waals surface area contributed by atoms with Crippen molar-refractivity contribution >= 4 is 11.9 Å². The summed E-state index contributed by atoms with van der Waals surface area (Å²) in [5.41, 5.74) is 0.226. The molecule has 0 amide bonds. The molecule has 0 aliphatic carbocycles. The molecule has 0 aromatic heterocycles. The van der Waals surface area contributed by atoms with E-state index in [4.69, 9.17) is 14.2 Å². The van der Waals surface area contributed by atoms with Gasteiger partial charge in [0.15, 0.2) is 0 Å². The van der Waals surface area contributed by atoms with Gasteiger partial charge in [-0.15, -0.1) is 0 Å². The molecule has 120 valence electrons. The second-order valence-electron chi connectivity index (χ2n) is 4.61. The van der Waals surface area contributed by atoms with E-state index in [-0.39, 0.29) is 24.0 Å². The Hall–Kier alpha value is -2.12. The SMILES string of the molecule is COC(=O)c1ccc(OCC2CCOCO2)cc1C(=O)OC. The molecule has 0 N–H and O–H groups in total. The molecule has 1 aliphatic rings. The van der Waals surface area contributed by atoms with Crippen molar-refractivity contribution in [2.75, 3.05) is 34.2 Å². The van der Waals surface area contributed by atoms with E-state index in [1.807, 2.05) is 0 Å². The van der Waals surface area contributed by atoms with Crippen molar-refractivity contribution in [1.29, 1.82) is 0 Å². The van der Waals surface area contributed by atoms with Crippen molar-refractivity contribution in [2.45, 2.75) is 12.5 Å². The molecule has 1 heterocycles. The minimum absolute atomic E-state index is 0.0596. The summed E-state index contributed by atoms with van der Waals surface area (Å²) in [5, 5.41) is 0. The van der Waals surface area contributed by atoms with Crippen LogP contribution >= 0.6 is 0 Å². The van der Waals surface area contributed by atoms with Gasteiger partial charge in [0.2, 0.25) is 0 Å². The zero-order valence-electron chi connectivity index (χ0n) is 12.5. The van der Waals surface area contributed by atoms with Gasteiger partial charge in [-0.05, 0) is 18.2 Å². The molecule has 1 aliphatic heterocycles. The molecule has 1 aromatic carbocycles. The molecule has 7 nitrogen and oxygen atoms in total. The molecule has 0 spiro atoms. The van der Waals surface area contributed by atoms with Gasteiger partial charge >= 0.3 is 11.9 Å². The van der Waals surface area contributed by atoms with Gasteiger partial charge in [0.1, 0.15) is 19.1 Å². The van der Waals surface area contributed by atoms with E-state index < -0.39 is 11.9 Å². The molecule has 2 rings (SSSR count). The van der Waals surface area contributed by atoms with Gasteiger partial charge in [0, 0.05) is 6.42 Å². The number of esters is 2. The van der Waals surface area contributed by atoms with Gasteiger partial charge in [0.05, 0.1) is 38.1 Å². The third-order valence-electron chi connectivity index (χ3n) is 3.21. The Labute approximate surface area is 128 Å². The predicted octanol–water partition coefficient (Wildman–Crippen LogP) is 1.40. The quantitative estimate of drug-likeness (QED) is 0.760. The molecule has 1 aromatic rings. The number of ether oxygens (including phenoxy) is 5. The van der Waals surface area contributed by atoms with Crippen LogP contribution in [0.3, 0.4) is 0 Å². The molecule has 1 fully saturated rings. The maximum atomic E-state index is 11.8. The molecule has 1 atom stereocenters. The fourth-order valence-electron chi connectivity index (χ4n) is 2.00. The van der Waals surface area contributed by atoms with E-state index in [0.29, 0.717) is 19.0 Å². The number of hydrogen-bond donors (Lipinski definition) is 0. The van der Waals surface area contributed by atoms with Crippen molar-refractivity contribution in [3.63, 3.8) is 0 Å². The lowest BCUT2D eigenvalue weighted by Gasteiger charge is -2.22. The Kier molecular flexibility index (Phi) is 5.74. The van der Waals surface area contributed by atoms with Crippen LogP contribution in [0.5, 0.6) is 5.75 Å². The third-order valence-corrected chi connectivity index (χ3v) is 3.21. The van der Waals surface area contributed by atoms with Gasteiger partial charge in [-0.1, -0.05) is 0 Å². The zero-order chi connectivity index (χ0) is 15.9. The highest BCUT2D eigenvalue weighted by molar-refractivity contribution is 6.03. The summed E-state index contributed by atoms with van der Waals surface area (Å²) in [6.07, 6.45) is 0.681. The summed E-state index contributed by atoms with van der Waals surface area (Å²) < 4.78 is 25.4. The summed E-state index contributed by atoms with van der Waals surface area (Å²) in [4.78, 5) is 23.5. The van der Waals surface area contributed by atoms with Crippen LogP contribution in [0.2, 0.25) is 0 Å². The fraction of sp³-hybridized carbons (Fsp3) is 0.467. The van der Waals surface area contributed by atoms with E-state index in [0.717, 1.165) is 6.42 Å². The summed E-state index contributed by atoms with van der Waals surface area (Å²) in [7, 11) is 2.49. The van der Waals surface area contributed by atoms with Gasteiger partial charge in [0.25, 0.3) is 0 Å². The van der Waals surface area contributed by atoms with Crippen LogP contribution in [0.1, 0.15) is 27.1 Å². The highest BCUT2D eigenvalue weighted by atomic mass is 16.7. The average Bonchev–Trinajstić information content (AvgIpc) is 2.59. The first-order chi connectivity index (χ1) is 10.7. The van der Waals surface area contributed by atoms with Gasteiger partial charge in [-0.2, -0.15) is 0 Å². The van der Waals surface area contributed by atoms with E-state index in [1.54, 1.807) is 6.07 Å². The third kappa shape index (κ3) is 3.96. The van der Waals surface area contributed by atoms with Crippen molar-refractivity contribution < 1.29 is 33.3 Å². The summed E-state index contributed by atoms with van der Waals surface area (Å²) >= 11 is 0. The number of carbonyl (C=O) groups is 2. The number of carbonyl (C=O) groups excluding carboxylic acids is 2. The normalized spacial score (nSPS) is 17.6. The molecule has 0 radical (unpaired) electrons. The lowest BCUT2D eigenvalue weighted by Crippen LogP contribution is -2.29. The molecule has 1 unspecified atom stereocenters. The highest BCUT2D eigenvalue weighted by Gasteiger charge is 2.20. The number of benzene rings is 1. The Morgan fingerprint density at radius 2 is 1.91 bits per heavy atom. The monoisotopic (exact) mass is 310 g/mol. The Balaban J connectivity index is 2.11. The van der Waals surface area contributed by atoms with Gasteiger partial charge in [-0.3, -0.25) is 0 Å². The second-order valence-corrected chi connectivity index (χ2v) is 4.61. The van der Waals surface area contributed by atoms with Crippen molar-refractivity contribution in [2.24, 2.45) is 0 Å². The number of rotatable bonds is 5. The summed E-state index contributed by atoms with van der Waals surface area (Å²) in [5.74, 6) is -0.795. The molecule has 22 heavy (non-hydrogen) atoms. The predicted molar refractivity (Wildman–Crippen MR) is 74.9 cm³/mol. The topological polar surface area (TPSA) is 80.3 Å². The Bertz CT molecular complexity index is 535. The number of methoxy groups -OCH3 is 2. The maximum Gasteiger partial charge on any atom is 0.338 e. The van der Waals surface area contributed by atoms with Crippen LogP contribution < -0.4 is 4.74 Å². The zero-order valence-corrected chi connectivity index (χ0v) is 12.5. The van der Waals surface area contributed by atoms with Crippen LogP contribution in [-0.2, 0) is 18.9 Å². The molecule has 7 heteroatoms. The van der Waals surface area contributed by atoms with E-state index in [9.17, 15) is 9.59 Å². The first-order valence-electron chi connectivity index (χ1n) is 6.78. The van der Waals surface area contributed by atoms with Crippen molar-refractivity contribution in [1.82, 2.24) is 0 Å². The largest absolute Gasteiger partial charge is 0.491 e. The lowest BCUT2D eigenvalue weighted by atomic mass is 10.1. The molecule has 0 saturated carbocycles. The Morgan fingerprint density at radius 3 is 2.55 bits per heavy atom. The van der Waals surface area contributed by atoms with Crippen LogP contribution in [0, 0.1) is 0 Å². The fourth-order valence-corrected chi connectivity index (χ4v) is 2.00. The van der Waals surface area contributed by atoms with Crippen LogP contribution in [0.15, 0.2) is 18.2 Å². The van der Waals surface area contributed by atoms with Gasteiger partial charge in [-0.25, -0.2) is 9.59 Å². The number of hydrogen-bond acceptors (Lipinski definition) is 7. The van der Waals surface area contributed by atoms with E-state index in [1.165, 1.54) is 26.4 Å². The standard InChI is InChI=1S/C15H18O7/c1-18-14(16)12-4-3-10(7-13(12)15(17)19-2)21-8-11-5-6-20-9-22-11/h3-4,7,11H,5-6,8-9H2,1-2H3.